The fraction of sp³-hybridized carbons (Fsp3) is 0.250. The van der Waals surface area contributed by atoms with E-state index in [1.807, 2.05) is 0 Å². The molecule has 0 spiro atoms. The molecule has 0 radical (unpaired) electrons. The SMILES string of the molecule is OC(Cn1cnnn1)(c1ccc(F)cc1F)C(F)(F)c1ccc(OCC(F)c2ccc(OC(F)F)cc2)cn1. The summed E-state index contributed by atoms with van der Waals surface area (Å²) in [6.07, 6.45) is 0.0442. The number of nitrogens with zero attached hydrogens (tertiary/aromatic N) is 5. The Morgan fingerprint density at radius 3 is 2.26 bits per heavy atom. The highest BCUT2D eigenvalue weighted by molar-refractivity contribution is 5.33. The van der Waals surface area contributed by atoms with Crippen LogP contribution in [0.2, 0.25) is 0 Å². The van der Waals surface area contributed by atoms with Gasteiger partial charge in [-0.2, -0.15) is 17.6 Å². The molecule has 1 N–H and O–H groups in total. The lowest BCUT2D eigenvalue weighted by atomic mass is 9.84. The quantitative estimate of drug-likeness (QED) is 0.267. The zero-order valence-corrected chi connectivity index (χ0v) is 19.6. The van der Waals surface area contributed by atoms with Crippen molar-refractivity contribution in [2.45, 2.75) is 30.9 Å². The van der Waals surface area contributed by atoms with Gasteiger partial charge < -0.3 is 14.6 Å². The topological polar surface area (TPSA) is 95.2 Å². The number of rotatable bonds is 11. The number of ether oxygens (including phenoxy) is 2. The Morgan fingerprint density at radius 1 is 0.949 bits per heavy atom. The third-order valence-corrected chi connectivity index (χ3v) is 5.60. The molecular formula is C24H18F7N5O3. The highest BCUT2D eigenvalue weighted by Gasteiger charge is 2.58. The summed E-state index contributed by atoms with van der Waals surface area (Å²) in [7, 11) is 0. The van der Waals surface area contributed by atoms with Crippen LogP contribution in [0.15, 0.2) is 67.1 Å². The molecule has 0 saturated carbocycles. The predicted molar refractivity (Wildman–Crippen MR) is 119 cm³/mol. The van der Waals surface area contributed by atoms with Gasteiger partial charge >= 0.3 is 12.5 Å². The van der Waals surface area contributed by atoms with Crippen LogP contribution in [0.3, 0.4) is 0 Å². The van der Waals surface area contributed by atoms with Crippen LogP contribution in [0.5, 0.6) is 11.5 Å². The average molecular weight is 557 g/mol. The Bertz CT molecular complexity index is 1380. The van der Waals surface area contributed by atoms with Crippen molar-refractivity contribution in [1.29, 1.82) is 0 Å². The molecular weight excluding hydrogens is 539 g/mol. The fourth-order valence-electron chi connectivity index (χ4n) is 3.65. The smallest absolute Gasteiger partial charge is 0.387 e. The summed E-state index contributed by atoms with van der Waals surface area (Å²) < 4.78 is 109. The highest BCUT2D eigenvalue weighted by Crippen LogP contribution is 2.46. The van der Waals surface area contributed by atoms with Crippen molar-refractivity contribution in [3.05, 3.63) is 95.6 Å². The number of pyridine rings is 1. The molecule has 39 heavy (non-hydrogen) atoms. The van der Waals surface area contributed by atoms with Crippen LogP contribution >= 0.6 is 0 Å². The molecule has 2 heterocycles. The molecule has 0 aliphatic heterocycles. The van der Waals surface area contributed by atoms with Crippen LogP contribution in [0.25, 0.3) is 0 Å². The minimum Gasteiger partial charge on any atom is -0.489 e. The summed E-state index contributed by atoms with van der Waals surface area (Å²) in [6, 6.07) is 8.25. The largest absolute Gasteiger partial charge is 0.489 e. The Labute approximate surface area is 215 Å². The van der Waals surface area contributed by atoms with Gasteiger partial charge in [-0.25, -0.2) is 17.9 Å². The molecule has 0 saturated heterocycles. The molecule has 2 atom stereocenters. The number of tetrazole rings is 1. The Morgan fingerprint density at radius 2 is 1.67 bits per heavy atom. The summed E-state index contributed by atoms with van der Waals surface area (Å²) >= 11 is 0. The Kier molecular flexibility index (Phi) is 7.99. The van der Waals surface area contributed by atoms with Gasteiger partial charge in [0, 0.05) is 11.6 Å². The van der Waals surface area contributed by atoms with Crippen molar-refractivity contribution < 1.29 is 45.3 Å². The van der Waals surface area contributed by atoms with Crippen LogP contribution in [-0.4, -0.2) is 43.5 Å². The van der Waals surface area contributed by atoms with Crippen molar-refractivity contribution in [2.75, 3.05) is 6.61 Å². The summed E-state index contributed by atoms with van der Waals surface area (Å²) in [5, 5.41) is 21.2. The maximum atomic E-state index is 15.7. The predicted octanol–water partition coefficient (Wildman–Crippen LogP) is 4.72. The van der Waals surface area contributed by atoms with Crippen molar-refractivity contribution in [3.63, 3.8) is 0 Å². The standard InChI is InChI=1S/C24H18F7N5O3/c25-15-3-7-18(19(26)9-15)23(37,12-36-13-33-34-35-36)24(30,31)21-8-6-17(10-32-21)38-11-20(27)14-1-4-16(5-2-14)39-22(28)29/h1-10,13,20,22,37H,11-12H2. The Hall–Kier alpha value is -4.27. The maximum absolute atomic E-state index is 15.7. The van der Waals surface area contributed by atoms with E-state index in [-0.39, 0.29) is 17.1 Å². The van der Waals surface area contributed by atoms with Gasteiger partial charge in [0.1, 0.15) is 41.8 Å². The van der Waals surface area contributed by atoms with E-state index in [0.717, 1.165) is 41.5 Å². The molecule has 0 bridgehead atoms. The number of hydrogen-bond acceptors (Lipinski definition) is 7. The van der Waals surface area contributed by atoms with Gasteiger partial charge in [0.15, 0.2) is 11.8 Å². The monoisotopic (exact) mass is 557 g/mol. The summed E-state index contributed by atoms with van der Waals surface area (Å²) in [5.41, 5.74) is -5.18. The van der Waals surface area contributed by atoms with Crippen LogP contribution in [-0.2, 0) is 18.1 Å². The van der Waals surface area contributed by atoms with Gasteiger partial charge in [0.05, 0.1) is 12.7 Å². The molecule has 15 heteroatoms. The lowest BCUT2D eigenvalue weighted by molar-refractivity contribution is -0.207. The van der Waals surface area contributed by atoms with Gasteiger partial charge in [-0.3, -0.25) is 4.98 Å². The second-order valence-corrected chi connectivity index (χ2v) is 8.17. The van der Waals surface area contributed by atoms with Crippen LogP contribution in [0, 0.1) is 11.6 Å². The van der Waals surface area contributed by atoms with Gasteiger partial charge in [-0.1, -0.05) is 12.1 Å². The third-order valence-electron chi connectivity index (χ3n) is 5.60. The molecule has 0 fully saturated rings. The average Bonchev–Trinajstić information content (AvgIpc) is 3.40. The van der Waals surface area contributed by atoms with Crippen LogP contribution in [0.4, 0.5) is 30.7 Å². The summed E-state index contributed by atoms with van der Waals surface area (Å²) in [5.74, 6) is -7.04. The second-order valence-electron chi connectivity index (χ2n) is 8.17. The Balaban J connectivity index is 1.52. The molecule has 206 valence electrons. The van der Waals surface area contributed by atoms with Gasteiger partial charge in [0.25, 0.3) is 0 Å². The minimum absolute atomic E-state index is 0.0849. The van der Waals surface area contributed by atoms with Gasteiger partial charge in [-0.05, 0) is 52.4 Å². The number of hydrogen-bond donors (Lipinski definition) is 1. The molecule has 0 aliphatic rings. The molecule has 2 aromatic heterocycles. The first-order chi connectivity index (χ1) is 18.5. The van der Waals surface area contributed by atoms with Crippen molar-refractivity contribution >= 4 is 0 Å². The first kappa shape index (κ1) is 27.8. The van der Waals surface area contributed by atoms with E-state index < -0.39 is 60.4 Å². The number of aromatic nitrogens is 5. The van der Waals surface area contributed by atoms with Crippen molar-refractivity contribution in [2.24, 2.45) is 0 Å². The van der Waals surface area contributed by atoms with E-state index in [1.54, 1.807) is 0 Å². The number of halogens is 7. The van der Waals surface area contributed by atoms with Crippen molar-refractivity contribution in [3.8, 4) is 11.5 Å². The number of aliphatic hydroxyl groups is 1. The number of benzene rings is 2. The summed E-state index contributed by atoms with van der Waals surface area (Å²) in [6.45, 7) is -4.63. The van der Waals surface area contributed by atoms with E-state index in [4.69, 9.17) is 4.74 Å². The number of alkyl halides is 5. The molecule has 8 nitrogen and oxygen atoms in total. The molecule has 0 amide bonds. The van der Waals surface area contributed by atoms with E-state index in [9.17, 15) is 27.1 Å². The minimum atomic E-state index is -4.28. The first-order valence-electron chi connectivity index (χ1n) is 11.0. The zero-order chi connectivity index (χ0) is 28.2. The lowest BCUT2D eigenvalue weighted by Gasteiger charge is -2.35. The highest BCUT2D eigenvalue weighted by atomic mass is 19.3. The summed E-state index contributed by atoms with van der Waals surface area (Å²) in [4.78, 5) is 3.61. The third kappa shape index (κ3) is 6.08. The maximum Gasteiger partial charge on any atom is 0.387 e. The van der Waals surface area contributed by atoms with Crippen LogP contribution in [0.1, 0.15) is 23.0 Å². The van der Waals surface area contributed by atoms with E-state index >= 15 is 8.78 Å². The molecule has 4 rings (SSSR count). The van der Waals surface area contributed by atoms with Crippen LogP contribution < -0.4 is 9.47 Å². The molecule has 2 aromatic carbocycles. The van der Waals surface area contributed by atoms with E-state index in [0.29, 0.717) is 18.2 Å². The zero-order valence-electron chi connectivity index (χ0n) is 19.6. The van der Waals surface area contributed by atoms with E-state index in [2.05, 4.69) is 25.2 Å². The molecule has 2 unspecified atom stereocenters. The molecule has 4 aromatic rings. The first-order valence-corrected chi connectivity index (χ1v) is 11.0. The lowest BCUT2D eigenvalue weighted by Crippen LogP contribution is -2.48. The fourth-order valence-corrected chi connectivity index (χ4v) is 3.65. The van der Waals surface area contributed by atoms with Crippen molar-refractivity contribution in [1.82, 2.24) is 25.2 Å². The van der Waals surface area contributed by atoms with E-state index in [1.165, 1.54) is 12.1 Å². The second kappa shape index (κ2) is 11.2. The van der Waals surface area contributed by atoms with Gasteiger partial charge in [0.2, 0.25) is 0 Å². The molecule has 0 aliphatic carbocycles. The normalized spacial score (nSPS) is 14.2. The van der Waals surface area contributed by atoms with Gasteiger partial charge in [-0.15, -0.1) is 5.10 Å².